The Labute approximate surface area is 99.0 Å². The van der Waals surface area contributed by atoms with Crippen LogP contribution in [0.5, 0.6) is 0 Å². The van der Waals surface area contributed by atoms with Crippen molar-refractivity contribution >= 4 is 10.2 Å². The summed E-state index contributed by atoms with van der Waals surface area (Å²) in [5, 5.41) is 3.20. The van der Waals surface area contributed by atoms with Gasteiger partial charge in [0.05, 0.1) is 0 Å². The van der Waals surface area contributed by atoms with E-state index in [0.29, 0.717) is 25.6 Å². The van der Waals surface area contributed by atoms with Crippen molar-refractivity contribution in [2.45, 2.75) is 20.3 Å². The quantitative estimate of drug-likeness (QED) is 0.769. The first kappa shape index (κ1) is 13.9. The highest BCUT2D eigenvalue weighted by atomic mass is 32.2. The molecule has 16 heavy (non-hydrogen) atoms. The Balaban J connectivity index is 2.67. The maximum Gasteiger partial charge on any atom is 0.281 e. The molecule has 6 heteroatoms. The molecule has 96 valence electrons. The van der Waals surface area contributed by atoms with E-state index in [1.165, 1.54) is 4.31 Å². The second kappa shape index (κ2) is 5.95. The van der Waals surface area contributed by atoms with Crippen molar-refractivity contribution < 1.29 is 8.42 Å². The van der Waals surface area contributed by atoms with Crippen LogP contribution in [-0.4, -0.2) is 56.8 Å². The van der Waals surface area contributed by atoms with Crippen LogP contribution in [0.15, 0.2) is 0 Å². The van der Waals surface area contributed by atoms with Gasteiger partial charge in [-0.3, -0.25) is 0 Å². The summed E-state index contributed by atoms with van der Waals surface area (Å²) >= 11 is 0. The zero-order valence-corrected chi connectivity index (χ0v) is 11.3. The fraction of sp³-hybridized carbons (Fsp3) is 1.00. The zero-order valence-electron chi connectivity index (χ0n) is 10.4. The number of nitrogens with one attached hydrogen (secondary N) is 1. The average molecular weight is 249 g/mol. The van der Waals surface area contributed by atoms with Crippen LogP contribution >= 0.6 is 0 Å². The third-order valence-electron chi connectivity index (χ3n) is 2.64. The van der Waals surface area contributed by atoms with E-state index in [1.807, 2.05) is 13.8 Å². The molecule has 1 N–H and O–H groups in total. The van der Waals surface area contributed by atoms with Crippen molar-refractivity contribution in [2.75, 3.05) is 39.8 Å². The molecular formula is C10H23N3O2S. The molecule has 0 aromatic rings. The zero-order chi connectivity index (χ0) is 12.2. The summed E-state index contributed by atoms with van der Waals surface area (Å²) in [6.07, 6.45) is 0.884. The van der Waals surface area contributed by atoms with E-state index in [-0.39, 0.29) is 0 Å². The van der Waals surface area contributed by atoms with Crippen molar-refractivity contribution in [3.05, 3.63) is 0 Å². The van der Waals surface area contributed by atoms with Gasteiger partial charge in [-0.1, -0.05) is 13.8 Å². The van der Waals surface area contributed by atoms with Crippen molar-refractivity contribution in [2.24, 2.45) is 5.92 Å². The normalized spacial score (nSPS) is 20.3. The van der Waals surface area contributed by atoms with Gasteiger partial charge in [0.15, 0.2) is 0 Å². The molecule has 0 aliphatic carbocycles. The SMILES string of the molecule is CC(C)CN(C)S(=O)(=O)N1CCCNCC1. The first-order valence-corrected chi connectivity index (χ1v) is 7.26. The van der Waals surface area contributed by atoms with Crippen LogP contribution in [0.4, 0.5) is 0 Å². The molecule has 1 aliphatic rings. The summed E-state index contributed by atoms with van der Waals surface area (Å²) in [6, 6.07) is 0. The minimum Gasteiger partial charge on any atom is -0.315 e. The predicted octanol–water partition coefficient (Wildman–Crippen LogP) is 0.114. The molecule has 1 saturated heterocycles. The summed E-state index contributed by atoms with van der Waals surface area (Å²) in [7, 11) is -1.59. The first-order valence-electron chi connectivity index (χ1n) is 5.86. The topological polar surface area (TPSA) is 52.7 Å². The van der Waals surface area contributed by atoms with Crippen LogP contribution in [0.2, 0.25) is 0 Å². The largest absolute Gasteiger partial charge is 0.315 e. The summed E-state index contributed by atoms with van der Waals surface area (Å²) in [5.41, 5.74) is 0. The van der Waals surface area contributed by atoms with Crippen molar-refractivity contribution in [1.29, 1.82) is 0 Å². The van der Waals surface area contributed by atoms with E-state index in [9.17, 15) is 8.42 Å². The van der Waals surface area contributed by atoms with E-state index >= 15 is 0 Å². The Kier molecular flexibility index (Phi) is 5.17. The molecule has 0 aromatic heterocycles. The van der Waals surface area contributed by atoms with Crippen LogP contribution in [0.25, 0.3) is 0 Å². The Morgan fingerprint density at radius 2 is 2.00 bits per heavy atom. The summed E-state index contributed by atoms with van der Waals surface area (Å²) in [5.74, 6) is 0.352. The third kappa shape index (κ3) is 3.69. The smallest absolute Gasteiger partial charge is 0.281 e. The predicted molar refractivity (Wildman–Crippen MR) is 65.4 cm³/mol. The van der Waals surface area contributed by atoms with Crippen molar-refractivity contribution in [3.8, 4) is 0 Å². The van der Waals surface area contributed by atoms with E-state index in [1.54, 1.807) is 11.4 Å². The molecular weight excluding hydrogens is 226 g/mol. The molecule has 5 nitrogen and oxygen atoms in total. The van der Waals surface area contributed by atoms with Gasteiger partial charge in [-0.15, -0.1) is 0 Å². The lowest BCUT2D eigenvalue weighted by Crippen LogP contribution is -2.44. The lowest BCUT2D eigenvalue weighted by molar-refractivity contribution is 0.351. The Morgan fingerprint density at radius 1 is 1.31 bits per heavy atom. The minimum atomic E-state index is -3.25. The van der Waals surface area contributed by atoms with Crippen molar-refractivity contribution in [3.63, 3.8) is 0 Å². The third-order valence-corrected chi connectivity index (χ3v) is 4.60. The molecule has 0 aromatic carbocycles. The monoisotopic (exact) mass is 249 g/mol. The molecule has 1 heterocycles. The fourth-order valence-corrected chi connectivity index (χ4v) is 3.42. The van der Waals surface area contributed by atoms with Gasteiger partial charge in [-0.05, 0) is 18.9 Å². The second-order valence-corrected chi connectivity index (χ2v) is 6.72. The highest BCUT2D eigenvalue weighted by Crippen LogP contribution is 2.10. The van der Waals surface area contributed by atoms with Crippen molar-refractivity contribution in [1.82, 2.24) is 13.9 Å². The maximum absolute atomic E-state index is 12.2. The van der Waals surface area contributed by atoms with E-state index in [4.69, 9.17) is 0 Å². The summed E-state index contributed by atoms with van der Waals surface area (Å²) in [4.78, 5) is 0. The van der Waals surface area contributed by atoms with Crippen LogP contribution < -0.4 is 5.32 Å². The van der Waals surface area contributed by atoms with Gasteiger partial charge in [-0.2, -0.15) is 17.0 Å². The average Bonchev–Trinajstić information content (AvgIpc) is 2.44. The molecule has 1 rings (SSSR count). The molecule has 1 aliphatic heterocycles. The van der Waals surface area contributed by atoms with Crippen LogP contribution in [0, 0.1) is 5.92 Å². The van der Waals surface area contributed by atoms with Gasteiger partial charge in [0, 0.05) is 33.2 Å². The van der Waals surface area contributed by atoms with Crippen LogP contribution in [0.3, 0.4) is 0 Å². The van der Waals surface area contributed by atoms with Gasteiger partial charge in [0.2, 0.25) is 0 Å². The molecule has 1 fully saturated rings. The van der Waals surface area contributed by atoms with Gasteiger partial charge in [-0.25, -0.2) is 0 Å². The number of rotatable bonds is 4. The Hall–Kier alpha value is -0.170. The minimum absolute atomic E-state index is 0.352. The standard InChI is InChI=1S/C10H23N3O2S/c1-10(2)9-12(3)16(14,15)13-7-4-5-11-6-8-13/h10-11H,4-9H2,1-3H3. The lowest BCUT2D eigenvalue weighted by atomic mass is 10.2. The van der Waals surface area contributed by atoms with Gasteiger partial charge in [0.25, 0.3) is 10.2 Å². The Bertz CT molecular complexity index is 295. The molecule has 0 bridgehead atoms. The molecule has 0 saturated carbocycles. The number of hydrogen-bond donors (Lipinski definition) is 1. The number of nitrogens with zero attached hydrogens (tertiary/aromatic N) is 2. The second-order valence-electron chi connectivity index (χ2n) is 4.68. The molecule has 0 spiro atoms. The molecule has 0 atom stereocenters. The lowest BCUT2D eigenvalue weighted by Gasteiger charge is -2.27. The highest BCUT2D eigenvalue weighted by molar-refractivity contribution is 7.86. The van der Waals surface area contributed by atoms with E-state index < -0.39 is 10.2 Å². The van der Waals surface area contributed by atoms with Crippen LogP contribution in [0.1, 0.15) is 20.3 Å². The van der Waals surface area contributed by atoms with Crippen LogP contribution in [-0.2, 0) is 10.2 Å². The van der Waals surface area contributed by atoms with E-state index in [2.05, 4.69) is 5.32 Å². The number of hydrogen-bond acceptors (Lipinski definition) is 3. The molecule has 0 unspecified atom stereocenters. The van der Waals surface area contributed by atoms with E-state index in [0.717, 1.165) is 19.5 Å². The maximum atomic E-state index is 12.2. The van der Waals surface area contributed by atoms with Gasteiger partial charge in [0.1, 0.15) is 0 Å². The summed E-state index contributed by atoms with van der Waals surface area (Å²) < 4.78 is 27.4. The highest BCUT2D eigenvalue weighted by Gasteiger charge is 2.27. The Morgan fingerprint density at radius 3 is 2.62 bits per heavy atom. The summed E-state index contributed by atoms with van der Waals surface area (Å²) in [6.45, 7) is 7.47. The fourth-order valence-electron chi connectivity index (χ4n) is 1.86. The van der Waals surface area contributed by atoms with Gasteiger partial charge < -0.3 is 5.32 Å². The van der Waals surface area contributed by atoms with Gasteiger partial charge >= 0.3 is 0 Å². The molecule has 0 radical (unpaired) electrons. The first-order chi connectivity index (χ1) is 7.44. The molecule has 0 amide bonds.